The first kappa shape index (κ1) is 24.2. The number of allylic oxidation sites excluding steroid dienone is 2. The van der Waals surface area contributed by atoms with Gasteiger partial charge in [0.05, 0.1) is 0 Å². The highest BCUT2D eigenvalue weighted by Crippen LogP contribution is 2.42. The van der Waals surface area contributed by atoms with Crippen molar-refractivity contribution in [1.29, 1.82) is 0 Å². The van der Waals surface area contributed by atoms with Crippen LogP contribution in [0.5, 0.6) is 0 Å². The first-order valence-corrected chi connectivity index (χ1v) is 14.0. The van der Waals surface area contributed by atoms with Crippen molar-refractivity contribution in [3.05, 3.63) is 121 Å². The molecule has 1 aromatic heterocycles. The highest BCUT2D eigenvalue weighted by atomic mass is 15.0. The minimum Gasteiger partial charge on any atom is -0.209 e. The summed E-state index contributed by atoms with van der Waals surface area (Å²) in [6, 6.07) is 38.6. The average molecular weight is 516 g/mol. The summed E-state index contributed by atoms with van der Waals surface area (Å²) < 4.78 is 0. The van der Waals surface area contributed by atoms with Gasteiger partial charge in [0.1, 0.15) is 0 Å². The molecule has 7 rings (SSSR count). The highest BCUT2D eigenvalue weighted by molar-refractivity contribution is 6.32. The van der Waals surface area contributed by atoms with Crippen molar-refractivity contribution >= 4 is 48.7 Å². The summed E-state index contributed by atoms with van der Waals surface area (Å²) in [5.41, 5.74) is 3.08. The van der Waals surface area contributed by atoms with Gasteiger partial charge in [-0.05, 0) is 68.1 Å². The Bertz CT molecular complexity index is 2070. The van der Waals surface area contributed by atoms with E-state index in [9.17, 15) is 0 Å². The molecule has 0 fully saturated rings. The van der Waals surface area contributed by atoms with Crippen LogP contribution in [0.25, 0.3) is 71.4 Å². The van der Waals surface area contributed by atoms with Crippen LogP contribution in [0.1, 0.15) is 32.5 Å². The molecular formula is C37H29N3. The first-order chi connectivity index (χ1) is 19.7. The van der Waals surface area contributed by atoms with E-state index >= 15 is 0 Å². The van der Waals surface area contributed by atoms with Crippen molar-refractivity contribution in [3.63, 3.8) is 0 Å². The van der Waals surface area contributed by atoms with Gasteiger partial charge in [-0.1, -0.05) is 123 Å². The van der Waals surface area contributed by atoms with Crippen molar-refractivity contribution < 1.29 is 0 Å². The molecule has 0 bridgehead atoms. The first-order valence-electron chi connectivity index (χ1n) is 14.0. The highest BCUT2D eigenvalue weighted by Gasteiger charge is 2.18. The second-order valence-corrected chi connectivity index (χ2v) is 10.3. The summed E-state index contributed by atoms with van der Waals surface area (Å²) in [4.78, 5) is 15.1. The third-order valence-corrected chi connectivity index (χ3v) is 7.75. The zero-order valence-corrected chi connectivity index (χ0v) is 22.7. The molecule has 0 amide bonds. The molecule has 0 atom stereocenters. The molecule has 0 aliphatic rings. The second-order valence-electron chi connectivity index (χ2n) is 10.3. The van der Waals surface area contributed by atoms with Crippen molar-refractivity contribution in [2.75, 3.05) is 0 Å². The summed E-state index contributed by atoms with van der Waals surface area (Å²) in [5.74, 6) is 2.12. The lowest BCUT2D eigenvalue weighted by molar-refractivity contribution is 0.953. The molecule has 3 nitrogen and oxygen atoms in total. The molecule has 7 aromatic rings. The zero-order valence-electron chi connectivity index (χ0n) is 22.7. The number of hydrogen-bond donors (Lipinski definition) is 0. The van der Waals surface area contributed by atoms with Gasteiger partial charge < -0.3 is 0 Å². The van der Waals surface area contributed by atoms with Gasteiger partial charge in [0, 0.05) is 11.1 Å². The SMILES string of the molecule is CCC/C=C(\C)c1nc(-c2ccccc2)nc(-c2cc3c4ccccc4c4ccccc4c3c3ccccc23)n1. The lowest BCUT2D eigenvalue weighted by Gasteiger charge is -2.16. The monoisotopic (exact) mass is 515 g/mol. The zero-order chi connectivity index (χ0) is 27.1. The van der Waals surface area contributed by atoms with Gasteiger partial charge in [-0.2, -0.15) is 0 Å². The Hall–Kier alpha value is -4.89. The lowest BCUT2D eigenvalue weighted by Crippen LogP contribution is -2.02. The second kappa shape index (κ2) is 10.0. The van der Waals surface area contributed by atoms with E-state index in [0.29, 0.717) is 11.6 Å². The standard InChI is InChI=1S/C37H29N3/c1-3-4-14-24(2)35-38-36(25-15-6-5-7-16-25)40-37(39-35)33-23-32-28-19-9-8-17-26(28)27-18-10-12-21-30(27)34(32)31-22-13-11-20-29(31)33/h5-23H,3-4H2,1-2H3/b24-14+. The number of unbranched alkanes of at least 4 members (excludes halogenated alkanes) is 1. The van der Waals surface area contributed by atoms with E-state index in [-0.39, 0.29) is 0 Å². The summed E-state index contributed by atoms with van der Waals surface area (Å²) >= 11 is 0. The predicted molar refractivity (Wildman–Crippen MR) is 169 cm³/mol. The van der Waals surface area contributed by atoms with Gasteiger partial charge in [0.2, 0.25) is 0 Å². The van der Waals surface area contributed by atoms with Gasteiger partial charge in [-0.15, -0.1) is 0 Å². The number of benzene rings is 6. The Morgan fingerprint density at radius 1 is 0.575 bits per heavy atom. The van der Waals surface area contributed by atoms with Crippen molar-refractivity contribution in [1.82, 2.24) is 15.0 Å². The molecule has 40 heavy (non-hydrogen) atoms. The number of hydrogen-bond acceptors (Lipinski definition) is 3. The van der Waals surface area contributed by atoms with E-state index in [1.807, 2.05) is 18.2 Å². The fourth-order valence-corrected chi connectivity index (χ4v) is 5.79. The van der Waals surface area contributed by atoms with Crippen LogP contribution in [0.3, 0.4) is 0 Å². The number of nitrogens with zero attached hydrogens (tertiary/aromatic N) is 3. The van der Waals surface area contributed by atoms with Crippen molar-refractivity contribution in [3.8, 4) is 22.8 Å². The van der Waals surface area contributed by atoms with Crippen molar-refractivity contribution in [2.45, 2.75) is 26.7 Å². The minimum absolute atomic E-state index is 0.692. The summed E-state index contributed by atoms with van der Waals surface area (Å²) in [5, 5.41) is 9.86. The molecule has 0 unspecified atom stereocenters. The topological polar surface area (TPSA) is 38.7 Å². The Kier molecular flexibility index (Phi) is 6.05. The quantitative estimate of drug-likeness (QED) is 0.214. The van der Waals surface area contributed by atoms with Gasteiger partial charge in [-0.25, -0.2) is 15.0 Å². The molecule has 0 saturated heterocycles. The van der Waals surface area contributed by atoms with Crippen LogP contribution in [0, 0.1) is 0 Å². The minimum atomic E-state index is 0.692. The smallest absolute Gasteiger partial charge is 0.164 e. The molecule has 0 aliphatic carbocycles. The molecule has 0 spiro atoms. The molecule has 0 N–H and O–H groups in total. The van der Waals surface area contributed by atoms with Crippen LogP contribution >= 0.6 is 0 Å². The van der Waals surface area contributed by atoms with E-state index in [2.05, 4.69) is 111 Å². The number of fused-ring (bicyclic) bond motifs is 8. The fourth-order valence-electron chi connectivity index (χ4n) is 5.79. The van der Waals surface area contributed by atoms with E-state index in [0.717, 1.165) is 40.8 Å². The molecule has 6 aromatic carbocycles. The summed E-state index contributed by atoms with van der Waals surface area (Å²) in [6.07, 6.45) is 4.30. The maximum atomic E-state index is 5.09. The molecular weight excluding hydrogens is 486 g/mol. The Morgan fingerprint density at radius 3 is 1.77 bits per heavy atom. The van der Waals surface area contributed by atoms with Gasteiger partial charge in [0.15, 0.2) is 17.5 Å². The fraction of sp³-hybridized carbons (Fsp3) is 0.108. The predicted octanol–water partition coefficient (Wildman–Crippen LogP) is 10.0. The maximum Gasteiger partial charge on any atom is 0.164 e. The van der Waals surface area contributed by atoms with Crippen LogP contribution in [0.2, 0.25) is 0 Å². The van der Waals surface area contributed by atoms with Gasteiger partial charge in [0.25, 0.3) is 0 Å². The van der Waals surface area contributed by atoms with Crippen LogP contribution in [0.4, 0.5) is 0 Å². The summed E-state index contributed by atoms with van der Waals surface area (Å²) in [6.45, 7) is 4.29. The molecule has 192 valence electrons. The molecule has 1 heterocycles. The van der Waals surface area contributed by atoms with Crippen LogP contribution in [-0.2, 0) is 0 Å². The van der Waals surface area contributed by atoms with E-state index in [4.69, 9.17) is 15.0 Å². The van der Waals surface area contributed by atoms with Crippen LogP contribution in [0.15, 0.2) is 115 Å². The largest absolute Gasteiger partial charge is 0.209 e. The van der Waals surface area contributed by atoms with Crippen LogP contribution < -0.4 is 0 Å². The number of rotatable bonds is 5. The van der Waals surface area contributed by atoms with Gasteiger partial charge in [-0.3, -0.25) is 0 Å². The maximum absolute atomic E-state index is 5.09. The molecule has 0 saturated carbocycles. The van der Waals surface area contributed by atoms with E-state index < -0.39 is 0 Å². The summed E-state index contributed by atoms with van der Waals surface area (Å²) in [7, 11) is 0. The van der Waals surface area contributed by atoms with Crippen LogP contribution in [-0.4, -0.2) is 15.0 Å². The van der Waals surface area contributed by atoms with Crippen molar-refractivity contribution in [2.24, 2.45) is 0 Å². The Morgan fingerprint density at radius 2 is 1.10 bits per heavy atom. The lowest BCUT2D eigenvalue weighted by atomic mass is 9.89. The third kappa shape index (κ3) is 4.02. The van der Waals surface area contributed by atoms with Gasteiger partial charge >= 0.3 is 0 Å². The third-order valence-electron chi connectivity index (χ3n) is 7.75. The Labute approximate surface area is 233 Å². The number of aromatic nitrogens is 3. The molecule has 3 heteroatoms. The normalized spacial score (nSPS) is 12.1. The Balaban J connectivity index is 1.61. The molecule has 0 radical (unpaired) electrons. The van der Waals surface area contributed by atoms with E-state index in [1.54, 1.807) is 0 Å². The molecule has 0 aliphatic heterocycles. The van der Waals surface area contributed by atoms with E-state index in [1.165, 1.54) is 37.7 Å². The average Bonchev–Trinajstić information content (AvgIpc) is 3.03.